The largest absolute Gasteiger partial charge is 0.398 e. The van der Waals surface area contributed by atoms with Gasteiger partial charge >= 0.3 is 0 Å². The smallest absolute Gasteiger partial charge is 0.137 e. The van der Waals surface area contributed by atoms with E-state index in [1.807, 2.05) is 18.3 Å². The molecule has 1 aliphatic rings. The first-order valence-electron chi connectivity index (χ1n) is 8.34. The molecule has 0 radical (unpaired) electrons. The van der Waals surface area contributed by atoms with Crippen molar-refractivity contribution in [2.24, 2.45) is 0 Å². The summed E-state index contributed by atoms with van der Waals surface area (Å²) in [6, 6.07) is 8.18. The first kappa shape index (κ1) is 14.7. The van der Waals surface area contributed by atoms with Crippen LogP contribution in [0.4, 0.5) is 5.69 Å². The molecule has 5 heteroatoms. The highest BCUT2D eigenvalue weighted by Gasteiger charge is 2.18. The Morgan fingerprint density at radius 2 is 1.91 bits per heavy atom. The van der Waals surface area contributed by atoms with E-state index in [0.717, 1.165) is 23.6 Å². The summed E-state index contributed by atoms with van der Waals surface area (Å²) >= 11 is 1.75. The lowest BCUT2D eigenvalue weighted by Crippen LogP contribution is -2.25. The maximum atomic E-state index is 6.02. The predicted octanol–water partition coefficient (Wildman–Crippen LogP) is 4.02. The van der Waals surface area contributed by atoms with E-state index in [0.29, 0.717) is 0 Å². The molecule has 3 aromatic rings. The zero-order chi connectivity index (χ0) is 15.6. The van der Waals surface area contributed by atoms with Crippen LogP contribution in [0.3, 0.4) is 0 Å². The number of thiophene rings is 1. The summed E-state index contributed by atoms with van der Waals surface area (Å²) in [6.45, 7) is 3.30. The number of aromatic nitrogens is 2. The summed E-state index contributed by atoms with van der Waals surface area (Å²) < 4.78 is 2.18. The second kappa shape index (κ2) is 6.34. The predicted molar refractivity (Wildman–Crippen MR) is 96.7 cm³/mol. The topological polar surface area (TPSA) is 46.6 Å². The quantitative estimate of drug-likeness (QED) is 0.791. The molecule has 3 aromatic heterocycles. The fourth-order valence-corrected chi connectivity index (χ4v) is 4.11. The summed E-state index contributed by atoms with van der Waals surface area (Å²) in [5.41, 5.74) is 10.1. The summed E-state index contributed by atoms with van der Waals surface area (Å²) in [4.78, 5) is 8.68. The number of nitrogens with two attached hydrogens (primary N) is 1. The van der Waals surface area contributed by atoms with Gasteiger partial charge in [-0.3, -0.25) is 9.30 Å². The number of nitrogens with zero attached hydrogens (tertiary/aromatic N) is 3. The lowest BCUT2D eigenvalue weighted by molar-refractivity contribution is 0.273. The zero-order valence-electron chi connectivity index (χ0n) is 13.2. The van der Waals surface area contributed by atoms with E-state index in [4.69, 9.17) is 10.7 Å². The van der Waals surface area contributed by atoms with Crippen molar-refractivity contribution in [1.82, 2.24) is 14.3 Å². The summed E-state index contributed by atoms with van der Waals surface area (Å²) in [5.74, 6) is 0. The maximum absolute atomic E-state index is 6.02. The Morgan fingerprint density at radius 3 is 2.65 bits per heavy atom. The average molecular weight is 326 g/mol. The molecule has 1 saturated heterocycles. The Bertz CT molecular complexity index is 783. The number of hydrogen-bond acceptors (Lipinski definition) is 4. The van der Waals surface area contributed by atoms with E-state index in [9.17, 15) is 0 Å². The van der Waals surface area contributed by atoms with Crippen molar-refractivity contribution in [3.8, 4) is 10.6 Å². The molecule has 120 valence electrons. The van der Waals surface area contributed by atoms with Crippen molar-refractivity contribution in [1.29, 1.82) is 0 Å². The van der Waals surface area contributed by atoms with Crippen molar-refractivity contribution in [3.63, 3.8) is 0 Å². The summed E-state index contributed by atoms with van der Waals surface area (Å²) in [5, 5.41) is 2.11. The third kappa shape index (κ3) is 2.99. The van der Waals surface area contributed by atoms with Gasteiger partial charge in [0, 0.05) is 18.4 Å². The van der Waals surface area contributed by atoms with E-state index in [2.05, 4.69) is 26.8 Å². The van der Waals surface area contributed by atoms with Crippen LogP contribution >= 0.6 is 11.3 Å². The van der Waals surface area contributed by atoms with Crippen molar-refractivity contribution < 1.29 is 0 Å². The Kier molecular flexibility index (Phi) is 4.06. The highest BCUT2D eigenvalue weighted by Crippen LogP contribution is 2.30. The Balaban J connectivity index is 1.78. The number of rotatable bonds is 3. The number of imidazole rings is 1. The van der Waals surface area contributed by atoms with Gasteiger partial charge in [0.05, 0.1) is 10.6 Å². The third-order valence-electron chi connectivity index (χ3n) is 4.57. The Hall–Kier alpha value is -1.85. The number of fused-ring (bicyclic) bond motifs is 1. The van der Waals surface area contributed by atoms with Crippen LogP contribution in [0.1, 0.15) is 31.4 Å². The summed E-state index contributed by atoms with van der Waals surface area (Å²) in [6.07, 6.45) is 7.32. The van der Waals surface area contributed by atoms with Crippen LogP contribution in [0, 0.1) is 0 Å². The minimum atomic E-state index is 0.782. The van der Waals surface area contributed by atoms with Crippen LogP contribution in [0.2, 0.25) is 0 Å². The number of pyridine rings is 1. The zero-order valence-corrected chi connectivity index (χ0v) is 14.1. The van der Waals surface area contributed by atoms with Crippen LogP contribution < -0.4 is 5.73 Å². The third-order valence-corrected chi connectivity index (χ3v) is 5.44. The van der Waals surface area contributed by atoms with E-state index < -0.39 is 0 Å². The molecule has 4 heterocycles. The number of anilines is 1. The molecule has 1 aliphatic heterocycles. The van der Waals surface area contributed by atoms with Gasteiger partial charge in [-0.2, -0.15) is 0 Å². The van der Waals surface area contributed by atoms with Gasteiger partial charge in [-0.05, 0) is 49.5 Å². The second-order valence-corrected chi connectivity index (χ2v) is 7.21. The van der Waals surface area contributed by atoms with Crippen LogP contribution in [-0.4, -0.2) is 27.4 Å². The molecule has 4 nitrogen and oxygen atoms in total. The Labute approximate surface area is 140 Å². The number of hydrogen-bond donors (Lipinski definition) is 1. The van der Waals surface area contributed by atoms with Gasteiger partial charge in [-0.1, -0.05) is 18.9 Å². The molecule has 0 saturated carbocycles. The van der Waals surface area contributed by atoms with Gasteiger partial charge in [-0.25, -0.2) is 4.98 Å². The molecule has 0 spiro atoms. The molecule has 23 heavy (non-hydrogen) atoms. The SMILES string of the molecule is Nc1ccc2nc(-c3cccs3)c(CN3CCCCCC3)n2c1. The molecule has 0 unspecified atom stereocenters. The van der Waals surface area contributed by atoms with E-state index in [-0.39, 0.29) is 0 Å². The van der Waals surface area contributed by atoms with Crippen LogP contribution in [-0.2, 0) is 6.54 Å². The van der Waals surface area contributed by atoms with E-state index >= 15 is 0 Å². The van der Waals surface area contributed by atoms with Crippen molar-refractivity contribution >= 4 is 22.7 Å². The number of nitrogen functional groups attached to an aromatic ring is 1. The molecule has 0 bridgehead atoms. The van der Waals surface area contributed by atoms with Gasteiger partial charge in [0.2, 0.25) is 0 Å². The molecule has 0 aromatic carbocycles. The van der Waals surface area contributed by atoms with Gasteiger partial charge in [0.25, 0.3) is 0 Å². The maximum Gasteiger partial charge on any atom is 0.137 e. The fraction of sp³-hybridized carbons (Fsp3) is 0.389. The monoisotopic (exact) mass is 326 g/mol. The van der Waals surface area contributed by atoms with E-state index in [1.54, 1.807) is 11.3 Å². The Morgan fingerprint density at radius 1 is 1.09 bits per heavy atom. The molecule has 0 aliphatic carbocycles. The minimum Gasteiger partial charge on any atom is -0.398 e. The minimum absolute atomic E-state index is 0.782. The molecular formula is C18H22N4S. The fourth-order valence-electron chi connectivity index (χ4n) is 3.38. The lowest BCUT2D eigenvalue weighted by atomic mass is 10.2. The molecular weight excluding hydrogens is 304 g/mol. The highest BCUT2D eigenvalue weighted by atomic mass is 32.1. The van der Waals surface area contributed by atoms with Crippen LogP contribution in [0.15, 0.2) is 35.8 Å². The molecule has 1 fully saturated rings. The molecule has 4 rings (SSSR count). The second-order valence-electron chi connectivity index (χ2n) is 6.27. The van der Waals surface area contributed by atoms with Crippen molar-refractivity contribution in [2.45, 2.75) is 32.2 Å². The van der Waals surface area contributed by atoms with Gasteiger partial charge in [0.1, 0.15) is 11.3 Å². The van der Waals surface area contributed by atoms with E-state index in [1.165, 1.54) is 49.3 Å². The number of likely N-dealkylation sites (tertiary alicyclic amines) is 1. The lowest BCUT2D eigenvalue weighted by Gasteiger charge is -2.20. The van der Waals surface area contributed by atoms with Crippen molar-refractivity contribution in [3.05, 3.63) is 41.5 Å². The normalized spacial score (nSPS) is 16.7. The first-order valence-corrected chi connectivity index (χ1v) is 9.22. The van der Waals surface area contributed by atoms with Crippen molar-refractivity contribution in [2.75, 3.05) is 18.8 Å². The van der Waals surface area contributed by atoms with Crippen LogP contribution in [0.25, 0.3) is 16.2 Å². The molecule has 0 atom stereocenters. The van der Waals surface area contributed by atoms with Gasteiger partial charge in [-0.15, -0.1) is 11.3 Å². The van der Waals surface area contributed by atoms with Crippen LogP contribution in [0.5, 0.6) is 0 Å². The van der Waals surface area contributed by atoms with Gasteiger partial charge < -0.3 is 5.73 Å². The summed E-state index contributed by atoms with van der Waals surface area (Å²) in [7, 11) is 0. The molecule has 0 amide bonds. The standard InChI is InChI=1S/C18H22N4S/c19-14-7-8-17-20-18(16-6-5-11-23-16)15(22(17)12-14)13-21-9-3-1-2-4-10-21/h5-8,11-12H,1-4,9-10,13,19H2. The first-order chi connectivity index (χ1) is 11.3. The average Bonchev–Trinajstić information content (AvgIpc) is 3.10. The van der Waals surface area contributed by atoms with Gasteiger partial charge in [0.15, 0.2) is 0 Å². The highest BCUT2D eigenvalue weighted by molar-refractivity contribution is 7.13. The molecule has 2 N–H and O–H groups in total.